The van der Waals surface area contributed by atoms with Crippen LogP contribution in [0, 0.1) is 6.92 Å². The zero-order chi connectivity index (χ0) is 13.9. The molecule has 0 amide bonds. The van der Waals surface area contributed by atoms with E-state index in [2.05, 4.69) is 21.5 Å². The van der Waals surface area contributed by atoms with Crippen molar-refractivity contribution < 1.29 is 0 Å². The van der Waals surface area contributed by atoms with E-state index < -0.39 is 0 Å². The maximum absolute atomic E-state index is 5.76. The van der Waals surface area contributed by atoms with E-state index >= 15 is 0 Å². The van der Waals surface area contributed by atoms with Gasteiger partial charge < -0.3 is 11.1 Å². The number of aryl methyl sites for hydroxylation is 1. The molecule has 0 aliphatic carbocycles. The highest BCUT2D eigenvalue weighted by atomic mass is 15.2. The molecule has 0 aliphatic heterocycles. The Kier molecular flexibility index (Phi) is 3.35. The van der Waals surface area contributed by atoms with Gasteiger partial charge >= 0.3 is 0 Å². The molecule has 3 N–H and O–H groups in total. The fourth-order valence-corrected chi connectivity index (χ4v) is 2.29. The summed E-state index contributed by atoms with van der Waals surface area (Å²) < 4.78 is 1.83. The van der Waals surface area contributed by atoms with Gasteiger partial charge in [-0.05, 0) is 24.1 Å². The largest absolute Gasteiger partial charge is 0.364 e. The Bertz CT molecular complexity index is 732. The fourth-order valence-electron chi connectivity index (χ4n) is 2.29. The second-order valence-electron chi connectivity index (χ2n) is 4.72. The van der Waals surface area contributed by atoms with Crippen molar-refractivity contribution in [3.63, 3.8) is 0 Å². The van der Waals surface area contributed by atoms with Crippen molar-refractivity contribution in [2.45, 2.75) is 20.0 Å². The number of aromatic nitrogens is 3. The lowest BCUT2D eigenvalue weighted by molar-refractivity contribution is 0.918. The maximum Gasteiger partial charge on any atom is 0.152 e. The number of rotatable bonds is 4. The van der Waals surface area contributed by atoms with Gasteiger partial charge in [0.1, 0.15) is 5.52 Å². The van der Waals surface area contributed by atoms with Crippen LogP contribution in [0.2, 0.25) is 0 Å². The highest BCUT2D eigenvalue weighted by Gasteiger charge is 2.06. The van der Waals surface area contributed by atoms with Crippen molar-refractivity contribution in [1.82, 2.24) is 14.6 Å². The minimum Gasteiger partial charge on any atom is -0.364 e. The summed E-state index contributed by atoms with van der Waals surface area (Å²) in [6, 6.07) is 10.2. The number of hydrogen-bond acceptors (Lipinski definition) is 4. The van der Waals surface area contributed by atoms with Crippen molar-refractivity contribution in [1.29, 1.82) is 0 Å². The van der Waals surface area contributed by atoms with Crippen molar-refractivity contribution in [3.8, 4) is 0 Å². The van der Waals surface area contributed by atoms with Gasteiger partial charge in [-0.3, -0.25) is 0 Å². The molecule has 0 fully saturated rings. The maximum atomic E-state index is 5.76. The van der Waals surface area contributed by atoms with Gasteiger partial charge in [-0.1, -0.05) is 24.3 Å². The zero-order valence-corrected chi connectivity index (χ0v) is 11.4. The van der Waals surface area contributed by atoms with E-state index in [0.29, 0.717) is 13.1 Å². The molecule has 102 valence electrons. The standard InChI is InChI=1S/C15H17N5/c1-11-8-14-15(17-6-7-20(14)19-11)18-10-13-5-3-2-4-12(13)9-16/h2-8H,9-10,16H2,1H3,(H,17,18). The molecule has 0 saturated heterocycles. The van der Waals surface area contributed by atoms with Crippen LogP contribution in [-0.2, 0) is 13.1 Å². The van der Waals surface area contributed by atoms with Crippen LogP contribution in [0.5, 0.6) is 0 Å². The van der Waals surface area contributed by atoms with Crippen molar-refractivity contribution in [2.75, 3.05) is 5.32 Å². The van der Waals surface area contributed by atoms with Gasteiger partial charge in [0.25, 0.3) is 0 Å². The van der Waals surface area contributed by atoms with Crippen LogP contribution < -0.4 is 11.1 Å². The molecule has 0 radical (unpaired) electrons. The Morgan fingerprint density at radius 1 is 1.25 bits per heavy atom. The van der Waals surface area contributed by atoms with Gasteiger partial charge in [-0.25, -0.2) is 9.50 Å². The van der Waals surface area contributed by atoms with E-state index in [1.54, 1.807) is 6.20 Å². The van der Waals surface area contributed by atoms with E-state index in [-0.39, 0.29) is 0 Å². The first-order valence-corrected chi connectivity index (χ1v) is 6.59. The van der Waals surface area contributed by atoms with Gasteiger partial charge in [-0.2, -0.15) is 5.10 Å². The molecule has 0 aliphatic rings. The summed E-state index contributed by atoms with van der Waals surface area (Å²) in [7, 11) is 0. The summed E-state index contributed by atoms with van der Waals surface area (Å²) in [5, 5.41) is 7.74. The van der Waals surface area contributed by atoms with Crippen LogP contribution in [0.25, 0.3) is 5.52 Å². The van der Waals surface area contributed by atoms with Crippen LogP contribution in [0.4, 0.5) is 5.82 Å². The predicted octanol–water partition coefficient (Wildman–Crippen LogP) is 2.11. The van der Waals surface area contributed by atoms with Crippen LogP contribution in [0.15, 0.2) is 42.7 Å². The lowest BCUT2D eigenvalue weighted by Crippen LogP contribution is -2.07. The third-order valence-electron chi connectivity index (χ3n) is 3.30. The highest BCUT2D eigenvalue weighted by Crippen LogP contribution is 2.16. The van der Waals surface area contributed by atoms with Crippen LogP contribution in [0.3, 0.4) is 0 Å². The van der Waals surface area contributed by atoms with Gasteiger partial charge in [-0.15, -0.1) is 0 Å². The molecule has 2 heterocycles. The van der Waals surface area contributed by atoms with E-state index in [1.165, 1.54) is 5.56 Å². The second-order valence-corrected chi connectivity index (χ2v) is 4.72. The Balaban J connectivity index is 1.87. The Morgan fingerprint density at radius 3 is 2.85 bits per heavy atom. The molecule has 20 heavy (non-hydrogen) atoms. The Labute approximate surface area is 117 Å². The Hall–Kier alpha value is -2.40. The van der Waals surface area contributed by atoms with E-state index in [9.17, 15) is 0 Å². The zero-order valence-electron chi connectivity index (χ0n) is 11.4. The Morgan fingerprint density at radius 2 is 2.05 bits per heavy atom. The third kappa shape index (κ3) is 2.35. The van der Waals surface area contributed by atoms with Crippen molar-refractivity contribution in [3.05, 3.63) is 59.5 Å². The number of nitrogens with two attached hydrogens (primary N) is 1. The molecule has 0 atom stereocenters. The number of fused-ring (bicyclic) bond motifs is 1. The van der Waals surface area contributed by atoms with Gasteiger partial charge in [0.05, 0.1) is 5.69 Å². The first kappa shape index (κ1) is 12.6. The van der Waals surface area contributed by atoms with Gasteiger partial charge in [0, 0.05) is 25.5 Å². The lowest BCUT2D eigenvalue weighted by atomic mass is 10.1. The number of hydrogen-bond donors (Lipinski definition) is 2. The number of nitrogens with one attached hydrogen (secondary N) is 1. The third-order valence-corrected chi connectivity index (χ3v) is 3.30. The summed E-state index contributed by atoms with van der Waals surface area (Å²) >= 11 is 0. The topological polar surface area (TPSA) is 68.2 Å². The molecule has 3 rings (SSSR count). The smallest absolute Gasteiger partial charge is 0.152 e. The molecule has 1 aromatic carbocycles. The van der Waals surface area contributed by atoms with Crippen molar-refractivity contribution >= 4 is 11.3 Å². The van der Waals surface area contributed by atoms with E-state index in [1.807, 2.05) is 41.9 Å². The van der Waals surface area contributed by atoms with Crippen LogP contribution in [0.1, 0.15) is 16.8 Å². The lowest BCUT2D eigenvalue weighted by Gasteiger charge is -2.10. The van der Waals surface area contributed by atoms with Crippen LogP contribution in [-0.4, -0.2) is 14.6 Å². The molecular weight excluding hydrogens is 250 g/mol. The van der Waals surface area contributed by atoms with Crippen molar-refractivity contribution in [2.24, 2.45) is 5.73 Å². The molecular formula is C15H17N5. The molecule has 0 saturated carbocycles. The number of nitrogens with zero attached hydrogens (tertiary/aromatic N) is 3. The average molecular weight is 267 g/mol. The quantitative estimate of drug-likeness (QED) is 0.759. The van der Waals surface area contributed by atoms with E-state index in [0.717, 1.165) is 22.6 Å². The average Bonchev–Trinajstić information content (AvgIpc) is 2.86. The molecule has 5 nitrogen and oxygen atoms in total. The molecule has 0 unspecified atom stereocenters. The molecule has 5 heteroatoms. The van der Waals surface area contributed by atoms with Gasteiger partial charge in [0.2, 0.25) is 0 Å². The minimum absolute atomic E-state index is 0.543. The molecule has 3 aromatic rings. The monoisotopic (exact) mass is 267 g/mol. The summed E-state index contributed by atoms with van der Waals surface area (Å²) in [6.07, 6.45) is 3.60. The SMILES string of the molecule is Cc1cc2c(NCc3ccccc3CN)nccn2n1. The summed E-state index contributed by atoms with van der Waals surface area (Å²) in [4.78, 5) is 4.39. The summed E-state index contributed by atoms with van der Waals surface area (Å²) in [6.45, 7) is 3.21. The minimum atomic E-state index is 0.543. The van der Waals surface area contributed by atoms with Gasteiger partial charge in [0.15, 0.2) is 5.82 Å². The first-order valence-electron chi connectivity index (χ1n) is 6.59. The molecule has 2 aromatic heterocycles. The highest BCUT2D eigenvalue weighted by molar-refractivity contribution is 5.67. The van der Waals surface area contributed by atoms with E-state index in [4.69, 9.17) is 5.73 Å². The number of anilines is 1. The predicted molar refractivity (Wildman–Crippen MR) is 79.4 cm³/mol. The fraction of sp³-hybridized carbons (Fsp3) is 0.200. The molecule has 0 bridgehead atoms. The molecule has 0 spiro atoms. The van der Waals surface area contributed by atoms with Crippen LogP contribution >= 0.6 is 0 Å². The summed E-state index contributed by atoms with van der Waals surface area (Å²) in [5.41, 5.74) is 10.1. The first-order chi connectivity index (χ1) is 9.78. The normalized spacial score (nSPS) is 10.9. The second kappa shape index (κ2) is 5.30. The number of benzene rings is 1. The summed E-state index contributed by atoms with van der Waals surface area (Å²) in [5.74, 6) is 0.833.